The minimum absolute atomic E-state index is 0.0209. The minimum Gasteiger partial charge on any atom is -0.493 e. The van der Waals surface area contributed by atoms with Gasteiger partial charge in [0.15, 0.2) is 11.5 Å². The third-order valence-corrected chi connectivity index (χ3v) is 3.59. The molecule has 0 amide bonds. The summed E-state index contributed by atoms with van der Waals surface area (Å²) in [5.41, 5.74) is 4.37. The maximum Gasteiger partial charge on any atom is 0.270 e. The Labute approximate surface area is 157 Å². The highest BCUT2D eigenvalue weighted by Gasteiger charge is 2.11. The Hall–Kier alpha value is -3.29. The predicted octanol–water partition coefficient (Wildman–Crippen LogP) is 3.52. The molecule has 0 saturated heterocycles. The Bertz CT molecular complexity index is 821. The van der Waals surface area contributed by atoms with Crippen molar-refractivity contribution >= 4 is 11.9 Å². The summed E-state index contributed by atoms with van der Waals surface area (Å²) in [6, 6.07) is 9.97. The molecule has 144 valence electrons. The SMILES string of the molecule is COc1ccc(CN/N=C\c2cc([N+](=O)[O-])ccc2OC(C)C)cc1OC. The number of nitro groups is 1. The largest absolute Gasteiger partial charge is 0.493 e. The van der Waals surface area contributed by atoms with Crippen molar-refractivity contribution in [2.45, 2.75) is 26.5 Å². The molecule has 0 atom stereocenters. The number of nitrogens with one attached hydrogen (secondary N) is 1. The number of hydrogen-bond acceptors (Lipinski definition) is 7. The topological polar surface area (TPSA) is 95.2 Å². The van der Waals surface area contributed by atoms with Crippen LogP contribution in [0.25, 0.3) is 0 Å². The van der Waals surface area contributed by atoms with E-state index in [9.17, 15) is 10.1 Å². The first-order valence-corrected chi connectivity index (χ1v) is 8.36. The van der Waals surface area contributed by atoms with Gasteiger partial charge in [-0.2, -0.15) is 5.10 Å². The van der Waals surface area contributed by atoms with E-state index in [4.69, 9.17) is 14.2 Å². The number of methoxy groups -OCH3 is 2. The summed E-state index contributed by atoms with van der Waals surface area (Å²) in [5.74, 6) is 1.82. The molecule has 2 aromatic carbocycles. The normalized spacial score (nSPS) is 10.9. The molecule has 0 fully saturated rings. The summed E-state index contributed by atoms with van der Waals surface area (Å²) >= 11 is 0. The molecule has 8 heteroatoms. The second-order valence-electron chi connectivity index (χ2n) is 5.93. The van der Waals surface area contributed by atoms with E-state index in [1.165, 1.54) is 18.3 Å². The monoisotopic (exact) mass is 373 g/mol. The van der Waals surface area contributed by atoms with Crippen LogP contribution in [-0.4, -0.2) is 31.5 Å². The molecule has 2 aromatic rings. The van der Waals surface area contributed by atoms with Crippen molar-refractivity contribution in [1.82, 2.24) is 5.43 Å². The molecule has 0 saturated carbocycles. The number of nitrogens with zero attached hydrogens (tertiary/aromatic N) is 2. The molecular weight excluding hydrogens is 350 g/mol. The van der Waals surface area contributed by atoms with Gasteiger partial charge in [-0.1, -0.05) is 6.07 Å². The molecule has 0 unspecified atom stereocenters. The van der Waals surface area contributed by atoms with E-state index >= 15 is 0 Å². The van der Waals surface area contributed by atoms with Gasteiger partial charge >= 0.3 is 0 Å². The van der Waals surface area contributed by atoms with E-state index in [2.05, 4.69) is 10.5 Å². The Kier molecular flexibility index (Phi) is 6.99. The second kappa shape index (κ2) is 9.42. The van der Waals surface area contributed by atoms with Crippen LogP contribution in [0, 0.1) is 10.1 Å². The minimum atomic E-state index is -0.451. The third-order valence-electron chi connectivity index (χ3n) is 3.59. The van der Waals surface area contributed by atoms with Crippen molar-refractivity contribution < 1.29 is 19.1 Å². The van der Waals surface area contributed by atoms with E-state index in [0.29, 0.717) is 29.4 Å². The Morgan fingerprint density at radius 1 is 1.11 bits per heavy atom. The van der Waals surface area contributed by atoms with E-state index in [-0.39, 0.29) is 11.8 Å². The van der Waals surface area contributed by atoms with Gasteiger partial charge < -0.3 is 19.6 Å². The van der Waals surface area contributed by atoms with Crippen molar-refractivity contribution in [3.05, 3.63) is 57.6 Å². The van der Waals surface area contributed by atoms with Crippen LogP contribution in [0.1, 0.15) is 25.0 Å². The quantitative estimate of drug-likeness (QED) is 0.410. The molecule has 0 aliphatic rings. The van der Waals surface area contributed by atoms with Crippen LogP contribution in [0.15, 0.2) is 41.5 Å². The number of hydrogen-bond donors (Lipinski definition) is 1. The summed E-state index contributed by atoms with van der Waals surface area (Å²) in [4.78, 5) is 10.5. The fourth-order valence-corrected chi connectivity index (χ4v) is 2.35. The zero-order valence-corrected chi connectivity index (χ0v) is 15.8. The highest BCUT2D eigenvalue weighted by Crippen LogP contribution is 2.27. The first kappa shape index (κ1) is 20.0. The zero-order valence-electron chi connectivity index (χ0n) is 15.8. The van der Waals surface area contributed by atoms with Crippen LogP contribution >= 0.6 is 0 Å². The summed E-state index contributed by atoms with van der Waals surface area (Å²) in [5, 5.41) is 15.2. The summed E-state index contributed by atoms with van der Waals surface area (Å²) in [7, 11) is 3.15. The van der Waals surface area contributed by atoms with Crippen LogP contribution < -0.4 is 19.6 Å². The summed E-state index contributed by atoms with van der Waals surface area (Å²) in [6.07, 6.45) is 1.45. The molecule has 0 heterocycles. The molecule has 0 aliphatic heterocycles. The average molecular weight is 373 g/mol. The average Bonchev–Trinajstić information content (AvgIpc) is 2.65. The third kappa shape index (κ3) is 5.60. The zero-order chi connectivity index (χ0) is 19.8. The first-order chi connectivity index (χ1) is 12.9. The van der Waals surface area contributed by atoms with E-state index in [1.54, 1.807) is 20.3 Å². The molecule has 0 radical (unpaired) electrons. The Morgan fingerprint density at radius 3 is 2.44 bits per heavy atom. The van der Waals surface area contributed by atoms with Crippen LogP contribution in [0.3, 0.4) is 0 Å². The van der Waals surface area contributed by atoms with Crippen LogP contribution in [-0.2, 0) is 6.54 Å². The van der Waals surface area contributed by atoms with Gasteiger partial charge in [-0.25, -0.2) is 0 Å². The summed E-state index contributed by atoms with van der Waals surface area (Å²) < 4.78 is 16.2. The Morgan fingerprint density at radius 2 is 1.81 bits per heavy atom. The van der Waals surface area contributed by atoms with E-state index < -0.39 is 4.92 Å². The number of rotatable bonds is 9. The van der Waals surface area contributed by atoms with Gasteiger partial charge in [0.25, 0.3) is 5.69 Å². The number of hydrazone groups is 1. The molecule has 0 aromatic heterocycles. The van der Waals surface area contributed by atoms with Crippen molar-refractivity contribution in [1.29, 1.82) is 0 Å². The van der Waals surface area contributed by atoms with Crippen molar-refractivity contribution in [2.24, 2.45) is 5.10 Å². The second-order valence-corrected chi connectivity index (χ2v) is 5.93. The van der Waals surface area contributed by atoms with E-state index in [1.807, 2.05) is 32.0 Å². The van der Waals surface area contributed by atoms with Crippen LogP contribution in [0.4, 0.5) is 5.69 Å². The van der Waals surface area contributed by atoms with Crippen LogP contribution in [0.2, 0.25) is 0 Å². The lowest BCUT2D eigenvalue weighted by molar-refractivity contribution is -0.384. The highest BCUT2D eigenvalue weighted by molar-refractivity contribution is 5.84. The fraction of sp³-hybridized carbons (Fsp3) is 0.316. The lowest BCUT2D eigenvalue weighted by atomic mass is 10.2. The maximum atomic E-state index is 11.0. The van der Waals surface area contributed by atoms with Gasteiger partial charge in [0.1, 0.15) is 5.75 Å². The standard InChI is InChI=1S/C19H23N3O5/c1-13(2)27-17-8-6-16(22(23)24)10-15(17)12-21-20-11-14-5-7-18(25-3)19(9-14)26-4/h5-10,12-13,20H,11H2,1-4H3/b21-12-. The van der Waals surface area contributed by atoms with Crippen molar-refractivity contribution in [3.8, 4) is 17.2 Å². The van der Waals surface area contributed by atoms with Gasteiger partial charge in [-0.3, -0.25) is 10.1 Å². The maximum absolute atomic E-state index is 11.0. The lowest BCUT2D eigenvalue weighted by Crippen LogP contribution is -2.09. The van der Waals surface area contributed by atoms with Gasteiger partial charge in [0.2, 0.25) is 0 Å². The highest BCUT2D eigenvalue weighted by atomic mass is 16.6. The predicted molar refractivity (Wildman–Crippen MR) is 103 cm³/mol. The number of nitro benzene ring substituents is 1. The fourth-order valence-electron chi connectivity index (χ4n) is 2.35. The molecule has 1 N–H and O–H groups in total. The lowest BCUT2D eigenvalue weighted by Gasteiger charge is -2.12. The van der Waals surface area contributed by atoms with Crippen molar-refractivity contribution in [2.75, 3.05) is 14.2 Å². The van der Waals surface area contributed by atoms with Gasteiger partial charge in [0, 0.05) is 17.7 Å². The molecule has 0 spiro atoms. The number of ether oxygens (including phenoxy) is 3. The first-order valence-electron chi connectivity index (χ1n) is 8.36. The molecule has 2 rings (SSSR count). The van der Waals surface area contributed by atoms with Gasteiger partial charge in [-0.15, -0.1) is 0 Å². The van der Waals surface area contributed by atoms with Gasteiger partial charge in [0.05, 0.1) is 38.0 Å². The summed E-state index contributed by atoms with van der Waals surface area (Å²) in [6.45, 7) is 4.22. The molecular formula is C19H23N3O5. The molecule has 8 nitrogen and oxygen atoms in total. The molecule has 0 bridgehead atoms. The van der Waals surface area contributed by atoms with Gasteiger partial charge in [-0.05, 0) is 37.6 Å². The van der Waals surface area contributed by atoms with E-state index in [0.717, 1.165) is 5.56 Å². The van der Waals surface area contributed by atoms with Crippen molar-refractivity contribution in [3.63, 3.8) is 0 Å². The molecule has 27 heavy (non-hydrogen) atoms. The van der Waals surface area contributed by atoms with Crippen LogP contribution in [0.5, 0.6) is 17.2 Å². The molecule has 0 aliphatic carbocycles. The number of non-ortho nitro benzene ring substituents is 1. The number of benzene rings is 2. The smallest absolute Gasteiger partial charge is 0.270 e. The Balaban J connectivity index is 2.10.